The van der Waals surface area contributed by atoms with Crippen molar-refractivity contribution in [3.05, 3.63) is 42.0 Å². The number of esters is 1. The highest BCUT2D eigenvalue weighted by Crippen LogP contribution is 2.11. The largest absolute Gasteiger partial charge is 0.464 e. The zero-order chi connectivity index (χ0) is 12.0. The Morgan fingerprint density at radius 2 is 2.06 bits per heavy atom. The standard InChI is InChI=1S/C13H16O3/c1-3-16-12(14)13(2,15)10-9-11-7-5-4-6-8-11/h4-10,15H,3H2,1-2H3/b10-9+. The number of rotatable bonds is 4. The van der Waals surface area contributed by atoms with Crippen molar-refractivity contribution in [1.29, 1.82) is 0 Å². The second kappa shape index (κ2) is 5.47. The molecule has 86 valence electrons. The summed E-state index contributed by atoms with van der Waals surface area (Å²) in [6, 6.07) is 9.45. The molecular formula is C13H16O3. The van der Waals surface area contributed by atoms with E-state index in [0.29, 0.717) is 0 Å². The highest BCUT2D eigenvalue weighted by Gasteiger charge is 2.28. The molecular weight excluding hydrogens is 204 g/mol. The van der Waals surface area contributed by atoms with E-state index in [4.69, 9.17) is 4.74 Å². The smallest absolute Gasteiger partial charge is 0.341 e. The molecule has 16 heavy (non-hydrogen) atoms. The lowest BCUT2D eigenvalue weighted by Gasteiger charge is -2.16. The van der Waals surface area contributed by atoms with Crippen LogP contribution in [0, 0.1) is 0 Å². The van der Waals surface area contributed by atoms with Crippen molar-refractivity contribution < 1.29 is 14.6 Å². The summed E-state index contributed by atoms with van der Waals surface area (Å²) in [7, 11) is 0. The second-order valence-electron chi connectivity index (χ2n) is 3.61. The van der Waals surface area contributed by atoms with Crippen molar-refractivity contribution in [2.75, 3.05) is 6.61 Å². The molecule has 0 bridgehead atoms. The SMILES string of the molecule is CCOC(=O)C(C)(O)/C=C/c1ccccc1. The van der Waals surface area contributed by atoms with E-state index in [2.05, 4.69) is 0 Å². The van der Waals surface area contributed by atoms with Crippen LogP contribution in [0.1, 0.15) is 19.4 Å². The minimum absolute atomic E-state index is 0.258. The third kappa shape index (κ3) is 3.51. The highest BCUT2D eigenvalue weighted by molar-refractivity contribution is 5.82. The molecule has 0 aliphatic rings. The summed E-state index contributed by atoms with van der Waals surface area (Å²) in [5.41, 5.74) is -0.654. The number of aliphatic hydroxyl groups is 1. The fourth-order valence-electron chi connectivity index (χ4n) is 1.17. The third-order valence-corrected chi connectivity index (χ3v) is 2.09. The highest BCUT2D eigenvalue weighted by atomic mass is 16.5. The molecule has 0 aromatic heterocycles. The molecule has 0 amide bonds. The Kier molecular flexibility index (Phi) is 4.26. The van der Waals surface area contributed by atoms with E-state index in [1.165, 1.54) is 13.0 Å². The molecule has 0 radical (unpaired) electrons. The molecule has 0 spiro atoms. The summed E-state index contributed by atoms with van der Waals surface area (Å²) >= 11 is 0. The first kappa shape index (κ1) is 12.5. The molecule has 1 aromatic carbocycles. The van der Waals surface area contributed by atoms with Gasteiger partial charge in [0, 0.05) is 0 Å². The summed E-state index contributed by atoms with van der Waals surface area (Å²) in [5.74, 6) is -0.637. The molecule has 1 rings (SSSR count). The predicted octanol–water partition coefficient (Wildman–Crippen LogP) is 2.01. The molecule has 1 unspecified atom stereocenters. The van der Waals surface area contributed by atoms with E-state index >= 15 is 0 Å². The van der Waals surface area contributed by atoms with Crippen LogP contribution >= 0.6 is 0 Å². The Morgan fingerprint density at radius 1 is 1.44 bits per heavy atom. The Balaban J connectivity index is 2.72. The lowest BCUT2D eigenvalue weighted by molar-refractivity contribution is -0.158. The fourth-order valence-corrected chi connectivity index (χ4v) is 1.17. The van der Waals surface area contributed by atoms with Crippen LogP contribution in [-0.2, 0) is 9.53 Å². The molecule has 3 nitrogen and oxygen atoms in total. The Morgan fingerprint density at radius 3 is 2.62 bits per heavy atom. The molecule has 0 aliphatic heterocycles. The quantitative estimate of drug-likeness (QED) is 0.789. The summed E-state index contributed by atoms with van der Waals surface area (Å²) in [4.78, 5) is 11.4. The minimum Gasteiger partial charge on any atom is -0.464 e. The number of carbonyl (C=O) groups is 1. The number of hydrogen-bond donors (Lipinski definition) is 1. The number of benzene rings is 1. The van der Waals surface area contributed by atoms with E-state index < -0.39 is 11.6 Å². The van der Waals surface area contributed by atoms with Crippen LogP contribution < -0.4 is 0 Å². The molecule has 0 aliphatic carbocycles. The van der Waals surface area contributed by atoms with Gasteiger partial charge in [-0.1, -0.05) is 36.4 Å². The monoisotopic (exact) mass is 220 g/mol. The van der Waals surface area contributed by atoms with Gasteiger partial charge >= 0.3 is 5.97 Å². The Bertz CT molecular complexity index is 366. The predicted molar refractivity (Wildman–Crippen MR) is 62.7 cm³/mol. The maximum atomic E-state index is 11.4. The summed E-state index contributed by atoms with van der Waals surface area (Å²) < 4.78 is 4.75. The second-order valence-corrected chi connectivity index (χ2v) is 3.61. The zero-order valence-corrected chi connectivity index (χ0v) is 9.51. The Hall–Kier alpha value is -1.61. The first-order valence-corrected chi connectivity index (χ1v) is 5.20. The van der Waals surface area contributed by atoms with Gasteiger partial charge in [-0.3, -0.25) is 0 Å². The maximum Gasteiger partial charge on any atom is 0.341 e. The molecule has 0 fully saturated rings. The van der Waals surface area contributed by atoms with Crippen LogP contribution in [0.4, 0.5) is 0 Å². The number of carbonyl (C=O) groups excluding carboxylic acids is 1. The van der Waals surface area contributed by atoms with Gasteiger partial charge in [-0.05, 0) is 25.5 Å². The molecule has 3 heteroatoms. The van der Waals surface area contributed by atoms with Crippen molar-refractivity contribution in [2.45, 2.75) is 19.4 Å². The van der Waals surface area contributed by atoms with Gasteiger partial charge in [-0.25, -0.2) is 4.79 Å². The van der Waals surface area contributed by atoms with Crippen molar-refractivity contribution in [3.63, 3.8) is 0 Å². The van der Waals surface area contributed by atoms with Crippen LogP contribution in [0.5, 0.6) is 0 Å². The van der Waals surface area contributed by atoms with Gasteiger partial charge in [-0.15, -0.1) is 0 Å². The summed E-state index contributed by atoms with van der Waals surface area (Å²) in [6.45, 7) is 3.37. The van der Waals surface area contributed by atoms with Gasteiger partial charge in [0.25, 0.3) is 0 Å². The van der Waals surface area contributed by atoms with E-state index in [1.807, 2.05) is 30.3 Å². The van der Waals surface area contributed by atoms with Crippen molar-refractivity contribution >= 4 is 12.0 Å². The van der Waals surface area contributed by atoms with E-state index in [-0.39, 0.29) is 6.61 Å². The minimum atomic E-state index is -1.58. The van der Waals surface area contributed by atoms with E-state index in [9.17, 15) is 9.90 Å². The number of ether oxygens (including phenoxy) is 1. The summed E-state index contributed by atoms with van der Waals surface area (Å²) in [5, 5.41) is 9.81. The van der Waals surface area contributed by atoms with Crippen LogP contribution in [0.3, 0.4) is 0 Å². The maximum absolute atomic E-state index is 11.4. The van der Waals surface area contributed by atoms with Crippen LogP contribution in [-0.4, -0.2) is 23.3 Å². The van der Waals surface area contributed by atoms with E-state index in [0.717, 1.165) is 5.56 Å². The molecule has 1 N–H and O–H groups in total. The first-order chi connectivity index (χ1) is 7.56. The first-order valence-electron chi connectivity index (χ1n) is 5.20. The van der Waals surface area contributed by atoms with Crippen LogP contribution in [0.25, 0.3) is 6.08 Å². The molecule has 0 saturated heterocycles. The zero-order valence-electron chi connectivity index (χ0n) is 9.51. The van der Waals surface area contributed by atoms with Gasteiger partial charge in [0.2, 0.25) is 0 Å². The average Bonchev–Trinajstić information content (AvgIpc) is 2.28. The van der Waals surface area contributed by atoms with Crippen molar-refractivity contribution in [3.8, 4) is 0 Å². The average molecular weight is 220 g/mol. The normalized spacial score (nSPS) is 14.7. The van der Waals surface area contributed by atoms with Crippen molar-refractivity contribution in [2.24, 2.45) is 0 Å². The molecule has 0 saturated carbocycles. The third-order valence-electron chi connectivity index (χ3n) is 2.09. The van der Waals surface area contributed by atoms with Gasteiger partial charge in [0.05, 0.1) is 6.61 Å². The van der Waals surface area contributed by atoms with Gasteiger partial charge in [0.15, 0.2) is 5.60 Å². The lowest BCUT2D eigenvalue weighted by atomic mass is 10.1. The fraction of sp³-hybridized carbons (Fsp3) is 0.308. The van der Waals surface area contributed by atoms with Crippen LogP contribution in [0.15, 0.2) is 36.4 Å². The van der Waals surface area contributed by atoms with Gasteiger partial charge in [0.1, 0.15) is 0 Å². The molecule has 0 heterocycles. The Labute approximate surface area is 95.4 Å². The van der Waals surface area contributed by atoms with E-state index in [1.54, 1.807) is 13.0 Å². The summed E-state index contributed by atoms with van der Waals surface area (Å²) in [6.07, 6.45) is 3.12. The topological polar surface area (TPSA) is 46.5 Å². The van der Waals surface area contributed by atoms with Crippen molar-refractivity contribution in [1.82, 2.24) is 0 Å². The van der Waals surface area contributed by atoms with Gasteiger partial charge < -0.3 is 9.84 Å². The molecule has 1 atom stereocenters. The van der Waals surface area contributed by atoms with Gasteiger partial charge in [-0.2, -0.15) is 0 Å². The molecule has 1 aromatic rings. The number of hydrogen-bond acceptors (Lipinski definition) is 3. The lowest BCUT2D eigenvalue weighted by Crippen LogP contribution is -2.34. The van der Waals surface area contributed by atoms with Crippen LogP contribution in [0.2, 0.25) is 0 Å².